The molecule has 3 rings (SSSR count). The Labute approximate surface area is 165 Å². The first-order valence-electron chi connectivity index (χ1n) is 9.75. The van der Waals surface area contributed by atoms with E-state index >= 15 is 0 Å². The summed E-state index contributed by atoms with van der Waals surface area (Å²) in [6, 6.07) is 5.72. The predicted octanol–water partition coefficient (Wildman–Crippen LogP) is 2.23. The number of carbonyl (C=O) groups excluding carboxylic acids is 1. The van der Waals surface area contributed by atoms with Crippen molar-refractivity contribution in [1.82, 2.24) is 4.90 Å². The molecule has 0 unspecified atom stereocenters. The second-order valence-electron chi connectivity index (χ2n) is 7.41. The first kappa shape index (κ1) is 21.1. The van der Waals surface area contributed by atoms with Crippen LogP contribution in [0.4, 0.5) is 0 Å². The SMILES string of the molecule is O=C(COc1cccc(P(=O)(O)O)c1)N(C[C@H]1CC=CCC1)C[C@@H]1CCCO1. The van der Waals surface area contributed by atoms with Crippen molar-refractivity contribution in [3.05, 3.63) is 36.4 Å². The van der Waals surface area contributed by atoms with Crippen molar-refractivity contribution < 1.29 is 28.6 Å². The number of carbonyl (C=O) groups is 1. The molecule has 1 fully saturated rings. The van der Waals surface area contributed by atoms with E-state index in [1.807, 2.05) is 4.90 Å². The van der Waals surface area contributed by atoms with Gasteiger partial charge in [0.05, 0.1) is 11.4 Å². The second-order valence-corrected chi connectivity index (χ2v) is 9.02. The van der Waals surface area contributed by atoms with Gasteiger partial charge in [-0.25, -0.2) is 0 Å². The third kappa shape index (κ3) is 6.17. The predicted molar refractivity (Wildman–Crippen MR) is 106 cm³/mol. The molecule has 1 aromatic carbocycles. The number of ether oxygens (including phenoxy) is 2. The molecule has 1 amide bonds. The first-order chi connectivity index (χ1) is 13.4. The minimum Gasteiger partial charge on any atom is -0.484 e. The van der Waals surface area contributed by atoms with E-state index < -0.39 is 7.60 Å². The van der Waals surface area contributed by atoms with E-state index in [-0.39, 0.29) is 29.7 Å². The third-order valence-corrected chi connectivity index (χ3v) is 6.12. The Morgan fingerprint density at radius 2 is 2.11 bits per heavy atom. The van der Waals surface area contributed by atoms with E-state index in [0.29, 0.717) is 19.0 Å². The highest BCUT2D eigenvalue weighted by atomic mass is 31.2. The van der Waals surface area contributed by atoms with Crippen molar-refractivity contribution in [3.63, 3.8) is 0 Å². The van der Waals surface area contributed by atoms with Gasteiger partial charge in [0.25, 0.3) is 5.91 Å². The molecule has 0 spiro atoms. The Morgan fingerprint density at radius 1 is 1.25 bits per heavy atom. The van der Waals surface area contributed by atoms with Crippen LogP contribution in [-0.2, 0) is 14.1 Å². The summed E-state index contributed by atoms with van der Waals surface area (Å²) in [7, 11) is -4.35. The van der Waals surface area contributed by atoms with Gasteiger partial charge in [0.1, 0.15) is 5.75 Å². The van der Waals surface area contributed by atoms with Crippen LogP contribution in [0.15, 0.2) is 36.4 Å². The highest BCUT2D eigenvalue weighted by molar-refractivity contribution is 7.60. The number of allylic oxidation sites excluding steroid dienone is 2. The van der Waals surface area contributed by atoms with E-state index in [9.17, 15) is 19.1 Å². The summed E-state index contributed by atoms with van der Waals surface area (Å²) in [5.41, 5.74) is 0. The van der Waals surface area contributed by atoms with E-state index in [4.69, 9.17) is 9.47 Å². The van der Waals surface area contributed by atoms with E-state index in [0.717, 1.165) is 38.7 Å². The normalized spacial score (nSPS) is 22.2. The molecule has 0 aromatic heterocycles. The molecule has 1 aliphatic heterocycles. The van der Waals surface area contributed by atoms with Crippen LogP contribution in [0.1, 0.15) is 32.1 Å². The molecule has 0 radical (unpaired) electrons. The first-order valence-corrected chi connectivity index (χ1v) is 11.4. The third-order valence-electron chi connectivity index (χ3n) is 5.17. The molecule has 1 aromatic rings. The van der Waals surface area contributed by atoms with E-state index in [2.05, 4.69) is 12.2 Å². The van der Waals surface area contributed by atoms with Gasteiger partial charge in [-0.3, -0.25) is 9.36 Å². The molecule has 1 heterocycles. The summed E-state index contributed by atoms with van der Waals surface area (Å²) in [4.78, 5) is 33.2. The standard InChI is InChI=1S/C20H28NO6P/c22-20(15-27-17-8-4-10-19(12-17)28(23,24)25)21(14-18-9-5-11-26-18)13-16-6-2-1-3-7-16/h1-2,4,8,10,12,16,18H,3,5-7,9,11,13-15H2,(H2,23,24,25)/t16-,18-/m0/s1. The summed E-state index contributed by atoms with van der Waals surface area (Å²) >= 11 is 0. The fraction of sp³-hybridized carbons (Fsp3) is 0.550. The van der Waals surface area contributed by atoms with Crippen molar-refractivity contribution in [2.24, 2.45) is 5.92 Å². The van der Waals surface area contributed by atoms with Crippen LogP contribution in [0.25, 0.3) is 0 Å². The molecule has 1 aliphatic carbocycles. The smallest absolute Gasteiger partial charge is 0.356 e. The molecular weight excluding hydrogens is 381 g/mol. The lowest BCUT2D eigenvalue weighted by molar-refractivity contribution is -0.135. The molecule has 154 valence electrons. The van der Waals surface area contributed by atoms with Crippen molar-refractivity contribution in [2.75, 3.05) is 26.3 Å². The van der Waals surface area contributed by atoms with E-state index in [1.165, 1.54) is 18.2 Å². The van der Waals surface area contributed by atoms with Gasteiger partial charge >= 0.3 is 7.60 Å². The van der Waals surface area contributed by atoms with Crippen LogP contribution in [0.5, 0.6) is 5.75 Å². The quantitative estimate of drug-likeness (QED) is 0.505. The van der Waals surface area contributed by atoms with Crippen LogP contribution in [0.2, 0.25) is 0 Å². The van der Waals surface area contributed by atoms with Gasteiger partial charge in [0.15, 0.2) is 6.61 Å². The molecule has 2 aliphatic rings. The maximum atomic E-state index is 12.8. The Balaban J connectivity index is 1.61. The fourth-order valence-electron chi connectivity index (χ4n) is 3.64. The molecule has 8 heteroatoms. The molecule has 0 bridgehead atoms. The molecule has 2 N–H and O–H groups in total. The molecule has 2 atom stereocenters. The van der Waals surface area contributed by atoms with Gasteiger partial charge < -0.3 is 24.2 Å². The van der Waals surface area contributed by atoms with Gasteiger partial charge in [0, 0.05) is 19.7 Å². The zero-order valence-electron chi connectivity index (χ0n) is 15.9. The van der Waals surface area contributed by atoms with E-state index in [1.54, 1.807) is 6.07 Å². The summed E-state index contributed by atoms with van der Waals surface area (Å²) < 4.78 is 22.6. The lowest BCUT2D eigenvalue weighted by Crippen LogP contribution is -2.43. The molecule has 1 saturated heterocycles. The number of rotatable bonds is 8. The Kier molecular flexibility index (Phi) is 7.30. The molecule has 0 saturated carbocycles. The van der Waals surface area contributed by atoms with Crippen molar-refractivity contribution in [2.45, 2.75) is 38.2 Å². The fourth-order valence-corrected chi connectivity index (χ4v) is 4.21. The monoisotopic (exact) mass is 409 g/mol. The summed E-state index contributed by atoms with van der Waals surface area (Å²) in [6.07, 6.45) is 9.48. The van der Waals surface area contributed by atoms with Gasteiger partial charge in [-0.05, 0) is 56.2 Å². The summed E-state index contributed by atoms with van der Waals surface area (Å²) in [6.45, 7) is 1.81. The van der Waals surface area contributed by atoms with Gasteiger partial charge in [-0.2, -0.15) is 0 Å². The number of hydrogen-bond donors (Lipinski definition) is 2. The number of benzene rings is 1. The Bertz CT molecular complexity index is 740. The summed E-state index contributed by atoms with van der Waals surface area (Å²) in [5.74, 6) is 0.576. The van der Waals surface area contributed by atoms with Gasteiger partial charge in [-0.1, -0.05) is 18.2 Å². The number of amides is 1. The van der Waals surface area contributed by atoms with Crippen LogP contribution >= 0.6 is 7.60 Å². The minimum absolute atomic E-state index is 0.0704. The maximum Gasteiger partial charge on any atom is 0.356 e. The lowest BCUT2D eigenvalue weighted by atomic mass is 9.94. The Hall–Kier alpha value is -1.66. The highest BCUT2D eigenvalue weighted by Crippen LogP contribution is 2.34. The number of hydrogen-bond acceptors (Lipinski definition) is 4. The minimum atomic E-state index is -4.35. The number of nitrogens with zero attached hydrogens (tertiary/aromatic N) is 1. The maximum absolute atomic E-state index is 12.8. The van der Waals surface area contributed by atoms with Gasteiger partial charge in [-0.15, -0.1) is 0 Å². The van der Waals surface area contributed by atoms with Crippen LogP contribution < -0.4 is 10.0 Å². The lowest BCUT2D eigenvalue weighted by Gasteiger charge is -2.30. The van der Waals surface area contributed by atoms with Crippen LogP contribution in [0.3, 0.4) is 0 Å². The largest absolute Gasteiger partial charge is 0.484 e. The topological polar surface area (TPSA) is 96.3 Å². The highest BCUT2D eigenvalue weighted by Gasteiger charge is 2.25. The van der Waals surface area contributed by atoms with Gasteiger partial charge in [0.2, 0.25) is 0 Å². The average Bonchev–Trinajstić information content (AvgIpc) is 3.19. The van der Waals surface area contributed by atoms with Crippen LogP contribution in [0, 0.1) is 5.92 Å². The van der Waals surface area contributed by atoms with Crippen LogP contribution in [-0.4, -0.2) is 53.0 Å². The molecule has 7 nitrogen and oxygen atoms in total. The zero-order chi connectivity index (χ0) is 20.0. The van der Waals surface area contributed by atoms with Crippen molar-refractivity contribution in [1.29, 1.82) is 0 Å². The molecule has 28 heavy (non-hydrogen) atoms. The molecular formula is C20H28NO6P. The average molecular weight is 409 g/mol. The Morgan fingerprint density at radius 3 is 2.79 bits per heavy atom. The van der Waals surface area contributed by atoms with Crippen molar-refractivity contribution in [3.8, 4) is 5.75 Å². The summed E-state index contributed by atoms with van der Waals surface area (Å²) in [5, 5.41) is -0.123. The zero-order valence-corrected chi connectivity index (χ0v) is 16.8. The van der Waals surface area contributed by atoms with Crippen molar-refractivity contribution >= 4 is 18.8 Å². The second kappa shape index (κ2) is 9.70.